The van der Waals surface area contributed by atoms with Gasteiger partial charge in [0.2, 0.25) is 20.1 Å². The second-order valence-corrected chi connectivity index (χ2v) is 14.5. The molecule has 0 amide bonds. The zero-order chi connectivity index (χ0) is 27.3. The largest absolute Gasteiger partial charge is 0.355 e. The molecule has 1 N–H and O–H groups in total. The summed E-state index contributed by atoms with van der Waals surface area (Å²) in [6.45, 7) is 3.53. The molecule has 0 saturated carbocycles. The lowest BCUT2D eigenvalue weighted by molar-refractivity contribution is 0.00220. The Morgan fingerprint density at radius 2 is 1.25 bits per heavy atom. The highest BCUT2D eigenvalue weighted by Gasteiger charge is 2.71. The van der Waals surface area contributed by atoms with Gasteiger partial charge in [-0.1, -0.05) is 105 Å². The maximum Gasteiger partial charge on any atom is 0.282 e. The van der Waals surface area contributed by atoms with Gasteiger partial charge in [0.25, 0.3) is 10.0 Å². The van der Waals surface area contributed by atoms with Crippen molar-refractivity contribution in [2.45, 2.75) is 38.0 Å². The topological polar surface area (TPSA) is 102 Å². The van der Waals surface area contributed by atoms with Gasteiger partial charge in [-0.2, -0.15) is 17.5 Å². The van der Waals surface area contributed by atoms with E-state index >= 15 is 0 Å². The minimum absolute atomic E-state index is 0.189. The Balaban J connectivity index is 2.24. The van der Waals surface area contributed by atoms with E-state index in [1.807, 2.05) is 0 Å². The van der Waals surface area contributed by atoms with Crippen molar-refractivity contribution >= 4 is 95.4 Å². The smallest absolute Gasteiger partial charge is 0.282 e. The van der Waals surface area contributed by atoms with E-state index in [0.717, 1.165) is 18.2 Å². The van der Waals surface area contributed by atoms with Crippen LogP contribution < -0.4 is 4.72 Å². The molecule has 0 spiro atoms. The number of aryl methyl sites for hydroxylation is 2. The van der Waals surface area contributed by atoms with Crippen LogP contribution in [0.5, 0.6) is 0 Å². The Hall–Kier alpha value is -0.590. The van der Waals surface area contributed by atoms with Crippen molar-refractivity contribution in [2.24, 2.45) is 4.40 Å². The molecule has 15 heteroatoms. The molecule has 1 aliphatic rings. The van der Waals surface area contributed by atoms with Crippen LogP contribution in [0.1, 0.15) is 11.1 Å². The molecular weight excluding hydrogens is 637 g/mol. The molecule has 0 heterocycles. The van der Waals surface area contributed by atoms with E-state index in [2.05, 4.69) is 9.12 Å². The first-order valence-electron chi connectivity index (χ1n) is 9.82. The molecule has 1 aliphatic carbocycles. The van der Waals surface area contributed by atoms with E-state index in [0.29, 0.717) is 0 Å². The number of ether oxygens (including phenoxy) is 1. The van der Waals surface area contributed by atoms with Gasteiger partial charge in [-0.3, -0.25) is 0 Å². The van der Waals surface area contributed by atoms with E-state index < -0.39 is 50.2 Å². The molecule has 0 aromatic heterocycles. The zero-order valence-corrected chi connectivity index (χ0v) is 24.9. The Kier molecular flexibility index (Phi) is 8.48. The molecule has 2 aromatic carbocycles. The van der Waals surface area contributed by atoms with Crippen LogP contribution in [0.15, 0.2) is 72.8 Å². The number of rotatable bonds is 6. The van der Waals surface area contributed by atoms with Gasteiger partial charge in [-0.25, -0.2) is 8.42 Å². The Morgan fingerprint density at radius 1 is 0.806 bits per heavy atom. The second-order valence-electron chi connectivity index (χ2n) is 7.81. The van der Waals surface area contributed by atoms with Crippen LogP contribution in [-0.2, 0) is 24.8 Å². The fourth-order valence-corrected chi connectivity index (χ4v) is 7.94. The number of nitrogens with one attached hydrogen (secondary N) is 1. The highest BCUT2D eigenvalue weighted by atomic mass is 35.5. The van der Waals surface area contributed by atoms with E-state index in [4.69, 9.17) is 74.3 Å². The summed E-state index contributed by atoms with van der Waals surface area (Å²) in [4.78, 5) is -0.394. The highest BCUT2D eigenvalue weighted by Crippen LogP contribution is 2.59. The first-order valence-corrected chi connectivity index (χ1v) is 15.0. The van der Waals surface area contributed by atoms with Crippen molar-refractivity contribution in [1.82, 2.24) is 4.72 Å². The first kappa shape index (κ1) is 30.0. The van der Waals surface area contributed by atoms with Gasteiger partial charge in [0.1, 0.15) is 5.71 Å². The molecule has 3 rings (SSSR count). The molecule has 0 radical (unpaired) electrons. The monoisotopic (exact) mass is 652 g/mol. The van der Waals surface area contributed by atoms with Gasteiger partial charge in [0, 0.05) is 7.11 Å². The number of alkyl halides is 4. The van der Waals surface area contributed by atoms with Crippen LogP contribution in [0.4, 0.5) is 0 Å². The van der Waals surface area contributed by atoms with E-state index in [1.54, 1.807) is 38.1 Å². The quantitative estimate of drug-likeness (QED) is 0.313. The number of sulfonamides is 2. The van der Waals surface area contributed by atoms with Crippen LogP contribution in [0, 0.1) is 13.8 Å². The van der Waals surface area contributed by atoms with Crippen molar-refractivity contribution < 1.29 is 21.6 Å². The predicted molar refractivity (Wildman–Crippen MR) is 145 cm³/mol. The number of methoxy groups -OCH3 is 1. The lowest BCUT2D eigenvalue weighted by Gasteiger charge is -2.50. The summed E-state index contributed by atoms with van der Waals surface area (Å²) in [6.07, 6.45) is 0. The van der Waals surface area contributed by atoms with Crippen molar-refractivity contribution in [1.29, 1.82) is 0 Å². The van der Waals surface area contributed by atoms with Gasteiger partial charge < -0.3 is 4.74 Å². The van der Waals surface area contributed by atoms with E-state index in [9.17, 15) is 16.8 Å². The van der Waals surface area contributed by atoms with Crippen LogP contribution in [0.2, 0.25) is 0 Å². The number of halogens is 6. The summed E-state index contributed by atoms with van der Waals surface area (Å²) in [5.41, 5.74) is -1.69. The minimum atomic E-state index is -4.44. The third-order valence-corrected chi connectivity index (χ3v) is 11.4. The molecule has 0 aliphatic heterocycles. The standard InChI is InChI=1S/C21H18Cl6N2O5S2/c1-12-4-8-14(9-5-12)35(30,31)28-18-16(22)17(23)20(34-3,21(26,27)19(18,24)25)29-36(32,33)15-10-6-13(2)7-11-15/h4-11,29H,1-3H3. The summed E-state index contributed by atoms with van der Waals surface area (Å²) in [6, 6.07) is 11.5. The van der Waals surface area contributed by atoms with Gasteiger partial charge in [0.05, 0.1) is 19.9 Å². The average Bonchev–Trinajstić information content (AvgIpc) is 2.79. The van der Waals surface area contributed by atoms with Gasteiger partial charge in [0.15, 0.2) is 4.33 Å². The highest BCUT2D eigenvalue weighted by molar-refractivity contribution is 7.90. The lowest BCUT2D eigenvalue weighted by atomic mass is 9.95. The Labute approximate surface area is 239 Å². The van der Waals surface area contributed by atoms with Crippen LogP contribution in [0.25, 0.3) is 0 Å². The van der Waals surface area contributed by atoms with Crippen LogP contribution in [-0.4, -0.2) is 44.0 Å². The molecule has 2 aromatic rings. The zero-order valence-electron chi connectivity index (χ0n) is 18.7. The summed E-state index contributed by atoms with van der Waals surface area (Å²) in [7, 11) is -7.83. The number of nitrogens with zero attached hydrogens (tertiary/aromatic N) is 1. The third kappa shape index (κ3) is 5.04. The van der Waals surface area contributed by atoms with Crippen LogP contribution >= 0.6 is 69.6 Å². The number of hydrogen-bond donors (Lipinski definition) is 1. The van der Waals surface area contributed by atoms with Gasteiger partial charge in [-0.05, 0) is 38.1 Å². The SMILES string of the molecule is COC1(NS(=O)(=O)c2ccc(C)cc2)C(Cl)=C(Cl)C(=NS(=O)(=O)c2ccc(C)cc2)C(Cl)(Cl)C1(Cl)Cl. The first-order chi connectivity index (χ1) is 16.4. The van der Waals surface area contributed by atoms with Crippen molar-refractivity contribution in [3.8, 4) is 0 Å². The van der Waals surface area contributed by atoms with Gasteiger partial charge >= 0.3 is 0 Å². The molecule has 0 bridgehead atoms. The predicted octanol–water partition coefficient (Wildman–Crippen LogP) is 5.80. The third-order valence-electron chi connectivity index (χ3n) is 5.29. The summed E-state index contributed by atoms with van der Waals surface area (Å²) in [5, 5.41) is -1.29. The lowest BCUT2D eigenvalue weighted by Crippen LogP contribution is -2.70. The fraction of sp³-hybridized carbons (Fsp3) is 0.286. The van der Waals surface area contributed by atoms with Crippen LogP contribution in [0.3, 0.4) is 0 Å². The van der Waals surface area contributed by atoms with Crippen molar-refractivity contribution in [3.63, 3.8) is 0 Å². The minimum Gasteiger partial charge on any atom is -0.355 e. The Morgan fingerprint density at radius 3 is 1.69 bits per heavy atom. The molecule has 196 valence electrons. The molecule has 0 saturated heterocycles. The molecule has 0 fully saturated rings. The second kappa shape index (κ2) is 10.2. The van der Waals surface area contributed by atoms with Gasteiger partial charge in [-0.15, -0.1) is 0 Å². The summed E-state index contributed by atoms with van der Waals surface area (Å²) in [5.74, 6) is 0. The molecule has 36 heavy (non-hydrogen) atoms. The fourth-order valence-electron chi connectivity index (χ4n) is 3.22. The maximum atomic E-state index is 13.2. The van der Waals surface area contributed by atoms with E-state index in [1.165, 1.54) is 24.3 Å². The number of benzene rings is 2. The summed E-state index contributed by atoms with van der Waals surface area (Å²) < 4.78 is 58.2. The molecule has 1 atom stereocenters. The maximum absolute atomic E-state index is 13.2. The van der Waals surface area contributed by atoms with Crippen molar-refractivity contribution in [2.75, 3.05) is 7.11 Å². The molecule has 7 nitrogen and oxygen atoms in total. The van der Waals surface area contributed by atoms with E-state index in [-0.39, 0.29) is 9.79 Å². The molecule has 1 unspecified atom stereocenters. The Bertz CT molecular complexity index is 1460. The number of hydrogen-bond acceptors (Lipinski definition) is 5. The number of allylic oxidation sites excluding steroid dienone is 1. The average molecular weight is 655 g/mol. The normalized spacial score (nSPS) is 23.2. The summed E-state index contributed by atoms with van der Waals surface area (Å²) >= 11 is 38.9. The molecular formula is C21H18Cl6N2O5S2. The van der Waals surface area contributed by atoms with Crippen molar-refractivity contribution in [3.05, 3.63) is 69.7 Å².